The molecule has 0 aliphatic rings. The monoisotopic (exact) mass is 147 g/mol. The Kier molecular flexibility index (Phi) is 2.70. The van der Waals surface area contributed by atoms with Gasteiger partial charge in [0.2, 0.25) is 0 Å². The average Bonchev–Trinajstić information content (AvgIpc) is 2.04. The maximum absolute atomic E-state index is 4.02. The van der Waals surface area contributed by atoms with Crippen molar-refractivity contribution in [2.24, 2.45) is 0 Å². The average molecular weight is 147 g/mol. The third-order valence-corrected chi connectivity index (χ3v) is 1.97. The molecule has 0 aromatic heterocycles. The van der Waals surface area contributed by atoms with E-state index in [9.17, 15) is 0 Å². The molecule has 1 atom stereocenters. The molecule has 0 bridgehead atoms. The van der Waals surface area contributed by atoms with Gasteiger partial charge in [-0.1, -0.05) is 38.1 Å². The lowest BCUT2D eigenvalue weighted by atomic mass is 9.96. The van der Waals surface area contributed by atoms with Crippen LogP contribution in [0.2, 0.25) is 0 Å². The molecule has 1 radical (unpaired) electrons. The minimum absolute atomic E-state index is 0.408. The molecule has 1 aromatic rings. The lowest BCUT2D eigenvalue weighted by molar-refractivity contribution is 0.926. The second-order valence-corrected chi connectivity index (χ2v) is 2.95. The van der Waals surface area contributed by atoms with E-state index in [4.69, 9.17) is 0 Å². The number of rotatable bonds is 2. The zero-order valence-electron chi connectivity index (χ0n) is 7.30. The second kappa shape index (κ2) is 3.56. The topological polar surface area (TPSA) is 0 Å². The lowest BCUT2D eigenvalue weighted by Gasteiger charge is -2.09. The molecule has 0 nitrogen and oxygen atoms in total. The van der Waals surface area contributed by atoms with Crippen LogP contribution in [0.1, 0.15) is 30.9 Å². The quantitative estimate of drug-likeness (QED) is 0.602. The van der Waals surface area contributed by atoms with E-state index in [-0.39, 0.29) is 0 Å². The van der Waals surface area contributed by atoms with Gasteiger partial charge < -0.3 is 0 Å². The number of benzene rings is 1. The minimum Gasteiger partial charge on any atom is -0.0620 e. The normalized spacial score (nSPS) is 10.5. The van der Waals surface area contributed by atoms with E-state index < -0.39 is 0 Å². The summed E-state index contributed by atoms with van der Waals surface area (Å²) in [6.45, 7) is 8.33. The zero-order valence-corrected chi connectivity index (χ0v) is 7.30. The van der Waals surface area contributed by atoms with Gasteiger partial charge in [0.15, 0.2) is 0 Å². The summed E-state index contributed by atoms with van der Waals surface area (Å²) >= 11 is 0. The van der Waals surface area contributed by atoms with Crippen LogP contribution in [0.15, 0.2) is 24.3 Å². The zero-order chi connectivity index (χ0) is 8.27. The molecule has 0 N–H and O–H groups in total. The van der Waals surface area contributed by atoms with Crippen molar-refractivity contribution >= 4 is 0 Å². The van der Waals surface area contributed by atoms with E-state index in [1.165, 1.54) is 11.1 Å². The van der Waals surface area contributed by atoms with Crippen LogP contribution in [-0.2, 0) is 6.42 Å². The molecule has 0 saturated carbocycles. The summed E-state index contributed by atoms with van der Waals surface area (Å²) in [6.07, 6.45) is 1.11. The lowest BCUT2D eigenvalue weighted by Crippen LogP contribution is -1.93. The highest BCUT2D eigenvalue weighted by Crippen LogP contribution is 2.18. The van der Waals surface area contributed by atoms with Gasteiger partial charge in [0.05, 0.1) is 0 Å². The molecule has 0 spiro atoms. The largest absolute Gasteiger partial charge is 0.0620 e. The first-order chi connectivity index (χ1) is 5.25. The highest BCUT2D eigenvalue weighted by Gasteiger charge is 2.02. The van der Waals surface area contributed by atoms with Crippen molar-refractivity contribution in [2.75, 3.05) is 0 Å². The Hall–Kier alpha value is -0.780. The van der Waals surface area contributed by atoms with Crippen LogP contribution in [0.3, 0.4) is 0 Å². The minimum atomic E-state index is 0.408. The van der Waals surface area contributed by atoms with Crippen molar-refractivity contribution < 1.29 is 0 Å². The Morgan fingerprint density at radius 1 is 1.36 bits per heavy atom. The molecule has 0 aliphatic heterocycles. The number of aryl methyl sites for hydroxylation is 1. The Balaban J connectivity index is 3.02. The van der Waals surface area contributed by atoms with Crippen LogP contribution in [-0.4, -0.2) is 0 Å². The van der Waals surface area contributed by atoms with E-state index in [0.29, 0.717) is 5.92 Å². The van der Waals surface area contributed by atoms with Crippen molar-refractivity contribution in [1.82, 2.24) is 0 Å². The Morgan fingerprint density at radius 3 is 2.45 bits per heavy atom. The van der Waals surface area contributed by atoms with Crippen LogP contribution in [0.25, 0.3) is 0 Å². The van der Waals surface area contributed by atoms with Gasteiger partial charge in [-0.3, -0.25) is 0 Å². The van der Waals surface area contributed by atoms with Gasteiger partial charge in [-0.05, 0) is 30.4 Å². The molecule has 0 saturated heterocycles. The summed E-state index contributed by atoms with van der Waals surface area (Å²) in [7, 11) is 0. The molecule has 0 amide bonds. The van der Waals surface area contributed by atoms with Crippen LogP contribution in [0.5, 0.6) is 0 Å². The second-order valence-electron chi connectivity index (χ2n) is 2.95. The van der Waals surface area contributed by atoms with Crippen molar-refractivity contribution in [3.63, 3.8) is 0 Å². The van der Waals surface area contributed by atoms with Gasteiger partial charge in [-0.15, -0.1) is 0 Å². The Morgan fingerprint density at radius 2 is 2.00 bits per heavy atom. The fourth-order valence-electron chi connectivity index (χ4n) is 1.34. The summed E-state index contributed by atoms with van der Waals surface area (Å²) in [4.78, 5) is 0. The predicted octanol–water partition coefficient (Wildman–Crippen LogP) is 3.19. The molecule has 59 valence electrons. The fourth-order valence-corrected chi connectivity index (χ4v) is 1.34. The van der Waals surface area contributed by atoms with Crippen molar-refractivity contribution in [1.29, 1.82) is 0 Å². The van der Waals surface area contributed by atoms with Crippen LogP contribution in [0, 0.1) is 6.92 Å². The highest BCUT2D eigenvalue weighted by atomic mass is 14.1. The molecular weight excluding hydrogens is 132 g/mol. The van der Waals surface area contributed by atoms with Gasteiger partial charge in [-0.2, -0.15) is 0 Å². The summed E-state index contributed by atoms with van der Waals surface area (Å²) in [6, 6.07) is 8.51. The van der Waals surface area contributed by atoms with E-state index in [2.05, 4.69) is 45.0 Å². The highest BCUT2D eigenvalue weighted by molar-refractivity contribution is 5.30. The number of hydrogen-bond acceptors (Lipinski definition) is 0. The van der Waals surface area contributed by atoms with Gasteiger partial charge in [-0.25, -0.2) is 0 Å². The standard InChI is InChI=1S/C11H15/c1-4-10-7-5-6-8-11(10)9(2)3/h5-9H,2,4H2,1,3H3. The molecule has 11 heavy (non-hydrogen) atoms. The molecule has 0 aliphatic carbocycles. The SMILES string of the molecule is [CH2]C(C)c1ccccc1CC. The predicted molar refractivity (Wildman–Crippen MR) is 49.6 cm³/mol. The third-order valence-electron chi connectivity index (χ3n) is 1.97. The van der Waals surface area contributed by atoms with Crippen LogP contribution in [0.4, 0.5) is 0 Å². The van der Waals surface area contributed by atoms with E-state index >= 15 is 0 Å². The molecule has 0 heteroatoms. The van der Waals surface area contributed by atoms with Crippen LogP contribution >= 0.6 is 0 Å². The van der Waals surface area contributed by atoms with Gasteiger partial charge in [0.1, 0.15) is 0 Å². The third kappa shape index (κ3) is 1.83. The molecular formula is C11H15. The molecule has 1 aromatic carbocycles. The van der Waals surface area contributed by atoms with Gasteiger partial charge >= 0.3 is 0 Å². The molecule has 0 fully saturated rings. The van der Waals surface area contributed by atoms with Crippen molar-refractivity contribution in [2.45, 2.75) is 26.2 Å². The Bertz CT molecular complexity index is 223. The number of hydrogen-bond donors (Lipinski definition) is 0. The summed E-state index contributed by atoms with van der Waals surface area (Å²) in [5.74, 6) is 0.408. The Labute approximate surface area is 69.3 Å². The van der Waals surface area contributed by atoms with Gasteiger partial charge in [0, 0.05) is 0 Å². The smallest absolute Gasteiger partial charge is 0.0187 e. The van der Waals surface area contributed by atoms with E-state index in [1.54, 1.807) is 0 Å². The summed E-state index contributed by atoms with van der Waals surface area (Å²) in [5.41, 5.74) is 2.81. The molecule has 1 unspecified atom stereocenters. The van der Waals surface area contributed by atoms with Crippen molar-refractivity contribution in [3.8, 4) is 0 Å². The first-order valence-electron chi connectivity index (χ1n) is 4.16. The summed E-state index contributed by atoms with van der Waals surface area (Å²) < 4.78 is 0. The van der Waals surface area contributed by atoms with E-state index in [0.717, 1.165) is 6.42 Å². The maximum atomic E-state index is 4.02. The maximum Gasteiger partial charge on any atom is -0.0187 e. The molecule has 0 heterocycles. The fraction of sp³-hybridized carbons (Fsp3) is 0.364. The van der Waals surface area contributed by atoms with E-state index in [1.807, 2.05) is 0 Å². The first-order valence-corrected chi connectivity index (χ1v) is 4.16. The molecule has 1 rings (SSSR count). The first kappa shape index (κ1) is 8.32. The van der Waals surface area contributed by atoms with Crippen LogP contribution < -0.4 is 0 Å². The summed E-state index contributed by atoms with van der Waals surface area (Å²) in [5, 5.41) is 0. The van der Waals surface area contributed by atoms with Gasteiger partial charge in [0.25, 0.3) is 0 Å². The van der Waals surface area contributed by atoms with Crippen molar-refractivity contribution in [3.05, 3.63) is 42.3 Å².